The predicted octanol–water partition coefficient (Wildman–Crippen LogP) is 3.40. The summed E-state index contributed by atoms with van der Waals surface area (Å²) in [5.41, 5.74) is 1.92. The molecule has 0 aromatic heterocycles. The summed E-state index contributed by atoms with van der Waals surface area (Å²) in [7, 11) is -3.19. The highest BCUT2D eigenvalue weighted by atomic mass is 35.5. The Hall–Kier alpha value is -1.85. The first-order chi connectivity index (χ1) is 10.8. The molecule has 1 unspecified atom stereocenters. The van der Waals surface area contributed by atoms with E-state index >= 15 is 0 Å². The lowest BCUT2D eigenvalue weighted by Crippen LogP contribution is -2.29. The van der Waals surface area contributed by atoms with Crippen molar-refractivity contribution in [3.63, 3.8) is 0 Å². The van der Waals surface area contributed by atoms with Crippen LogP contribution in [0, 0.1) is 0 Å². The van der Waals surface area contributed by atoms with E-state index in [4.69, 9.17) is 16.6 Å². The highest BCUT2D eigenvalue weighted by Gasteiger charge is 2.25. The van der Waals surface area contributed by atoms with Gasteiger partial charge in [-0.1, -0.05) is 11.6 Å². The average Bonchev–Trinajstić information content (AvgIpc) is 2.89. The van der Waals surface area contributed by atoms with Crippen LogP contribution in [0.2, 0.25) is 5.02 Å². The number of hydrogen-bond donors (Lipinski definition) is 0. The Kier molecular flexibility index (Phi) is 4.17. The number of hydrogen-bond acceptors (Lipinski definition) is 4. The molecule has 1 heterocycles. The zero-order valence-electron chi connectivity index (χ0n) is 12.9. The van der Waals surface area contributed by atoms with E-state index in [-0.39, 0.29) is 6.04 Å². The lowest BCUT2D eigenvalue weighted by atomic mass is 10.2. The summed E-state index contributed by atoms with van der Waals surface area (Å²) in [5.74, 6) is 0.876. The Morgan fingerprint density at radius 2 is 1.70 bits per heavy atom. The number of benzene rings is 2. The van der Waals surface area contributed by atoms with Crippen LogP contribution in [0.25, 0.3) is 0 Å². The second kappa shape index (κ2) is 5.98. The first kappa shape index (κ1) is 16.0. The van der Waals surface area contributed by atoms with E-state index in [2.05, 4.69) is 11.8 Å². The van der Waals surface area contributed by atoms with Gasteiger partial charge < -0.3 is 4.90 Å². The van der Waals surface area contributed by atoms with Crippen molar-refractivity contribution in [1.29, 1.82) is 0 Å². The molecule has 4 nitrogen and oxygen atoms in total. The van der Waals surface area contributed by atoms with E-state index in [0.29, 0.717) is 9.92 Å². The lowest BCUT2D eigenvalue weighted by molar-refractivity contribution is 0.602. The third-order valence-corrected chi connectivity index (χ3v) is 5.10. The first-order valence-corrected chi connectivity index (χ1v) is 9.53. The van der Waals surface area contributed by atoms with Gasteiger partial charge in [0.1, 0.15) is 5.84 Å². The fourth-order valence-corrected chi connectivity index (χ4v) is 3.36. The number of aliphatic imine (C=N–C) groups is 1. The quantitative estimate of drug-likeness (QED) is 0.854. The van der Waals surface area contributed by atoms with Crippen LogP contribution in [0.1, 0.15) is 12.5 Å². The van der Waals surface area contributed by atoms with E-state index in [0.717, 1.165) is 23.6 Å². The third-order valence-electron chi connectivity index (χ3n) is 3.72. The van der Waals surface area contributed by atoms with Gasteiger partial charge in [-0.15, -0.1) is 0 Å². The summed E-state index contributed by atoms with van der Waals surface area (Å²) in [6.07, 6.45) is 1.21. The van der Waals surface area contributed by atoms with Crippen LogP contribution in [0.15, 0.2) is 58.4 Å². The normalized spacial score (nSPS) is 18.1. The van der Waals surface area contributed by atoms with Gasteiger partial charge in [0.2, 0.25) is 0 Å². The topological polar surface area (TPSA) is 49.7 Å². The summed E-state index contributed by atoms with van der Waals surface area (Å²) in [6.45, 7) is 2.82. The van der Waals surface area contributed by atoms with E-state index in [1.165, 1.54) is 6.26 Å². The molecule has 120 valence electrons. The molecule has 1 atom stereocenters. The highest BCUT2D eigenvalue weighted by molar-refractivity contribution is 7.90. The Morgan fingerprint density at radius 3 is 2.26 bits per heavy atom. The molecule has 1 aliphatic rings. The molecule has 23 heavy (non-hydrogen) atoms. The van der Waals surface area contributed by atoms with Crippen molar-refractivity contribution in [1.82, 2.24) is 0 Å². The van der Waals surface area contributed by atoms with Gasteiger partial charge in [-0.05, 0) is 55.5 Å². The SMILES string of the molecule is CC1CN(c2ccc(S(C)(=O)=O)cc2)C(c2ccc(Cl)cc2)=N1. The van der Waals surface area contributed by atoms with Gasteiger partial charge in [0.05, 0.1) is 10.9 Å². The zero-order valence-corrected chi connectivity index (χ0v) is 14.5. The Labute approximate surface area is 141 Å². The maximum Gasteiger partial charge on any atom is 0.175 e. The molecule has 6 heteroatoms. The van der Waals surface area contributed by atoms with E-state index in [1.54, 1.807) is 12.1 Å². The van der Waals surface area contributed by atoms with Crippen molar-refractivity contribution in [2.45, 2.75) is 17.9 Å². The van der Waals surface area contributed by atoms with Gasteiger partial charge in [-0.2, -0.15) is 0 Å². The van der Waals surface area contributed by atoms with E-state index in [9.17, 15) is 8.42 Å². The molecule has 0 N–H and O–H groups in total. The molecule has 0 aliphatic carbocycles. The first-order valence-electron chi connectivity index (χ1n) is 7.26. The lowest BCUT2D eigenvalue weighted by Gasteiger charge is -2.21. The molecule has 0 radical (unpaired) electrons. The van der Waals surface area contributed by atoms with Gasteiger partial charge in [0.15, 0.2) is 9.84 Å². The zero-order chi connectivity index (χ0) is 16.6. The fraction of sp³-hybridized carbons (Fsp3) is 0.235. The van der Waals surface area contributed by atoms with Gasteiger partial charge in [-0.3, -0.25) is 4.99 Å². The number of anilines is 1. The van der Waals surface area contributed by atoms with E-state index < -0.39 is 9.84 Å². The molecule has 0 fully saturated rings. The van der Waals surface area contributed by atoms with Crippen molar-refractivity contribution < 1.29 is 8.42 Å². The van der Waals surface area contributed by atoms with Crippen LogP contribution in [-0.2, 0) is 9.84 Å². The van der Waals surface area contributed by atoms with Crippen molar-refractivity contribution >= 4 is 33.0 Å². The Balaban J connectivity index is 1.95. The minimum absolute atomic E-state index is 0.176. The molecule has 0 amide bonds. The molecular weight excluding hydrogens is 332 g/mol. The third kappa shape index (κ3) is 3.41. The van der Waals surface area contributed by atoms with Gasteiger partial charge in [0.25, 0.3) is 0 Å². The number of amidine groups is 1. The second-order valence-corrected chi connectivity index (χ2v) is 8.14. The van der Waals surface area contributed by atoms with Crippen molar-refractivity contribution in [3.8, 4) is 0 Å². The fourth-order valence-electron chi connectivity index (χ4n) is 2.60. The Morgan fingerprint density at radius 1 is 1.09 bits per heavy atom. The van der Waals surface area contributed by atoms with Crippen molar-refractivity contribution in [3.05, 3.63) is 59.1 Å². The molecule has 3 rings (SSSR count). The molecule has 0 saturated heterocycles. The summed E-state index contributed by atoms with van der Waals surface area (Å²) >= 11 is 5.95. The van der Waals surface area contributed by atoms with Gasteiger partial charge in [0, 0.05) is 29.1 Å². The van der Waals surface area contributed by atoms with Crippen LogP contribution in [-0.4, -0.2) is 33.1 Å². The van der Waals surface area contributed by atoms with Crippen LogP contribution < -0.4 is 4.90 Å². The minimum atomic E-state index is -3.19. The maximum absolute atomic E-state index is 11.6. The minimum Gasteiger partial charge on any atom is -0.324 e. The standard InChI is InChI=1S/C17H17ClN2O2S/c1-12-11-20(15-7-9-16(10-8-15)23(2,21)22)17(19-12)13-3-5-14(18)6-4-13/h3-10,12H,11H2,1-2H3. The number of rotatable bonds is 3. The van der Waals surface area contributed by atoms with Gasteiger partial charge >= 0.3 is 0 Å². The molecule has 2 aromatic carbocycles. The van der Waals surface area contributed by atoms with Crippen LogP contribution >= 0.6 is 11.6 Å². The van der Waals surface area contributed by atoms with Gasteiger partial charge in [-0.25, -0.2) is 8.42 Å². The summed E-state index contributed by atoms with van der Waals surface area (Å²) < 4.78 is 23.2. The number of nitrogens with zero attached hydrogens (tertiary/aromatic N) is 2. The van der Waals surface area contributed by atoms with Crippen LogP contribution in [0.4, 0.5) is 5.69 Å². The van der Waals surface area contributed by atoms with Crippen LogP contribution in [0.3, 0.4) is 0 Å². The van der Waals surface area contributed by atoms with E-state index in [1.807, 2.05) is 36.4 Å². The largest absolute Gasteiger partial charge is 0.324 e. The summed E-state index contributed by atoms with van der Waals surface area (Å²) in [5, 5.41) is 0.685. The number of sulfone groups is 1. The molecule has 1 aliphatic heterocycles. The summed E-state index contributed by atoms with van der Waals surface area (Å²) in [6, 6.07) is 14.6. The molecule has 0 saturated carbocycles. The maximum atomic E-state index is 11.6. The number of halogens is 1. The molecule has 0 bridgehead atoms. The van der Waals surface area contributed by atoms with Crippen molar-refractivity contribution in [2.24, 2.45) is 4.99 Å². The van der Waals surface area contributed by atoms with Crippen molar-refractivity contribution in [2.75, 3.05) is 17.7 Å². The monoisotopic (exact) mass is 348 g/mol. The highest BCUT2D eigenvalue weighted by Crippen LogP contribution is 2.25. The Bertz CT molecular complexity index is 843. The smallest absolute Gasteiger partial charge is 0.175 e. The average molecular weight is 349 g/mol. The second-order valence-electron chi connectivity index (χ2n) is 5.69. The molecular formula is C17H17ClN2O2S. The van der Waals surface area contributed by atoms with Crippen LogP contribution in [0.5, 0.6) is 0 Å². The summed E-state index contributed by atoms with van der Waals surface area (Å²) in [4.78, 5) is 7.11. The predicted molar refractivity (Wildman–Crippen MR) is 94.3 cm³/mol. The molecule has 2 aromatic rings. The molecule has 0 spiro atoms.